The van der Waals surface area contributed by atoms with Crippen molar-refractivity contribution in [2.24, 2.45) is 0 Å². The lowest BCUT2D eigenvalue weighted by atomic mass is 9.95. The van der Waals surface area contributed by atoms with Crippen molar-refractivity contribution >= 4 is 23.1 Å². The van der Waals surface area contributed by atoms with Gasteiger partial charge in [0.25, 0.3) is 5.56 Å². The topological polar surface area (TPSA) is 95.1 Å². The van der Waals surface area contributed by atoms with E-state index in [4.69, 9.17) is 17.0 Å². The molecule has 31 heavy (non-hydrogen) atoms. The molecule has 8 heteroatoms. The van der Waals surface area contributed by atoms with Gasteiger partial charge in [-0.2, -0.15) is 0 Å². The second-order valence-electron chi connectivity index (χ2n) is 7.63. The smallest absolute Gasteiger partial charge is 0.260 e. The van der Waals surface area contributed by atoms with Crippen molar-refractivity contribution < 1.29 is 9.84 Å². The number of aromatic nitrogens is 3. The van der Waals surface area contributed by atoms with Crippen LogP contribution in [0.1, 0.15) is 28.4 Å². The van der Waals surface area contributed by atoms with Crippen LogP contribution in [0.25, 0.3) is 10.9 Å². The summed E-state index contributed by atoms with van der Waals surface area (Å²) in [5, 5.41) is 15.6. The molecule has 158 valence electrons. The first-order valence-electron chi connectivity index (χ1n) is 10.1. The van der Waals surface area contributed by atoms with Crippen molar-refractivity contribution in [3.05, 3.63) is 86.0 Å². The third-order valence-corrected chi connectivity index (χ3v) is 6.16. The van der Waals surface area contributed by atoms with Gasteiger partial charge in [-0.3, -0.25) is 14.3 Å². The van der Waals surface area contributed by atoms with Crippen LogP contribution in [0.2, 0.25) is 0 Å². The summed E-state index contributed by atoms with van der Waals surface area (Å²) in [7, 11) is 1.64. The maximum atomic E-state index is 12.9. The Balaban J connectivity index is 1.66. The van der Waals surface area contributed by atoms with Crippen LogP contribution in [0.15, 0.2) is 53.3 Å². The molecule has 0 aliphatic carbocycles. The fourth-order valence-corrected chi connectivity index (χ4v) is 4.57. The van der Waals surface area contributed by atoms with Crippen LogP contribution in [0, 0.1) is 4.77 Å². The van der Waals surface area contributed by atoms with Gasteiger partial charge >= 0.3 is 0 Å². The normalized spacial score (nSPS) is 15.7. The van der Waals surface area contributed by atoms with Crippen LogP contribution in [0.3, 0.4) is 0 Å². The van der Waals surface area contributed by atoms with Gasteiger partial charge in [0, 0.05) is 23.1 Å². The van der Waals surface area contributed by atoms with Crippen LogP contribution in [-0.4, -0.2) is 33.3 Å². The highest BCUT2D eigenvalue weighted by molar-refractivity contribution is 7.71. The molecule has 4 aromatic rings. The van der Waals surface area contributed by atoms with Crippen molar-refractivity contribution in [3.63, 3.8) is 0 Å². The van der Waals surface area contributed by atoms with E-state index in [1.165, 1.54) is 0 Å². The molecule has 0 amide bonds. The molecule has 1 aliphatic heterocycles. The molecule has 7 nitrogen and oxygen atoms in total. The van der Waals surface area contributed by atoms with E-state index < -0.39 is 11.6 Å². The van der Waals surface area contributed by atoms with E-state index in [-0.39, 0.29) is 16.2 Å². The van der Waals surface area contributed by atoms with Gasteiger partial charge in [0.15, 0.2) is 4.77 Å². The molecule has 2 aromatic carbocycles. The van der Waals surface area contributed by atoms with Crippen molar-refractivity contribution in [3.8, 4) is 11.6 Å². The summed E-state index contributed by atoms with van der Waals surface area (Å²) in [6.45, 7) is 1.04. The predicted octanol–water partition coefficient (Wildman–Crippen LogP) is 3.38. The number of hydrogen-bond acceptors (Lipinski definition) is 5. The second kappa shape index (κ2) is 7.72. The summed E-state index contributed by atoms with van der Waals surface area (Å²) in [6.07, 6.45) is 0.806. The van der Waals surface area contributed by atoms with Crippen molar-refractivity contribution in [1.82, 2.24) is 19.9 Å². The minimum Gasteiger partial charge on any atom is -0.497 e. The summed E-state index contributed by atoms with van der Waals surface area (Å²) >= 11 is 5.35. The molecular weight excluding hydrogens is 412 g/mol. The van der Waals surface area contributed by atoms with Crippen LogP contribution in [0.4, 0.5) is 0 Å². The lowest BCUT2D eigenvalue weighted by Crippen LogP contribution is -2.35. The van der Waals surface area contributed by atoms with Gasteiger partial charge in [-0.05, 0) is 48.0 Å². The molecule has 1 aliphatic rings. The molecule has 0 bridgehead atoms. The Hall–Kier alpha value is -3.36. The van der Waals surface area contributed by atoms with Gasteiger partial charge in [-0.1, -0.05) is 30.3 Å². The van der Waals surface area contributed by atoms with E-state index >= 15 is 0 Å². The summed E-state index contributed by atoms with van der Waals surface area (Å²) in [5.41, 5.74) is 3.79. The minimum atomic E-state index is -0.483. The Morgan fingerprint density at radius 1 is 1.19 bits per heavy atom. The summed E-state index contributed by atoms with van der Waals surface area (Å²) in [6, 6.07) is 15.1. The molecule has 0 fully saturated rings. The van der Waals surface area contributed by atoms with E-state index in [0.29, 0.717) is 13.1 Å². The molecule has 0 radical (unpaired) electrons. The van der Waals surface area contributed by atoms with E-state index in [2.05, 4.69) is 15.3 Å². The Kier molecular flexibility index (Phi) is 4.88. The van der Waals surface area contributed by atoms with Crippen molar-refractivity contribution in [2.75, 3.05) is 13.7 Å². The Labute approximate surface area is 183 Å². The van der Waals surface area contributed by atoms with Gasteiger partial charge < -0.3 is 20.1 Å². The highest BCUT2D eigenvalue weighted by atomic mass is 32.1. The standard InChI is InChI=1S/C23H22N4O3S/c1-30-14-7-8-17-16(11-14)15-9-10-24-20(19(15)25-17)18-21(28)26-23(31)27(22(18)29)12-13-5-3-2-4-6-13/h2-8,11,20,24-25,29H,9-10,12H2,1H3,(H,26,28,31)/t20-/m1/s1. The zero-order chi connectivity index (χ0) is 21.5. The molecule has 1 atom stereocenters. The van der Waals surface area contributed by atoms with Crippen LogP contribution in [0.5, 0.6) is 11.6 Å². The molecule has 3 heterocycles. The first-order chi connectivity index (χ1) is 15.1. The van der Waals surface area contributed by atoms with Gasteiger partial charge in [0.1, 0.15) is 11.3 Å². The monoisotopic (exact) mass is 434 g/mol. The van der Waals surface area contributed by atoms with Crippen molar-refractivity contribution in [2.45, 2.75) is 19.0 Å². The number of nitrogens with zero attached hydrogens (tertiary/aromatic N) is 1. The highest BCUT2D eigenvalue weighted by Gasteiger charge is 2.30. The number of nitrogens with one attached hydrogen (secondary N) is 3. The van der Waals surface area contributed by atoms with Crippen molar-refractivity contribution in [1.29, 1.82) is 0 Å². The quantitative estimate of drug-likeness (QED) is 0.370. The van der Waals surface area contributed by atoms with Crippen LogP contribution >= 0.6 is 12.2 Å². The Bertz CT molecular complexity index is 1390. The van der Waals surface area contributed by atoms with Gasteiger partial charge in [0.2, 0.25) is 5.88 Å². The molecule has 0 unspecified atom stereocenters. The van der Waals surface area contributed by atoms with Gasteiger partial charge in [-0.25, -0.2) is 0 Å². The van der Waals surface area contributed by atoms with E-state index in [1.807, 2.05) is 48.5 Å². The second-order valence-corrected chi connectivity index (χ2v) is 8.02. The van der Waals surface area contributed by atoms with Crippen LogP contribution < -0.4 is 15.6 Å². The average Bonchev–Trinajstić information content (AvgIpc) is 3.16. The number of fused-ring (bicyclic) bond motifs is 3. The summed E-state index contributed by atoms with van der Waals surface area (Å²) in [4.78, 5) is 19.1. The first-order valence-corrected chi connectivity index (χ1v) is 10.5. The molecule has 0 spiro atoms. The van der Waals surface area contributed by atoms with Crippen LogP contribution in [-0.2, 0) is 13.0 Å². The van der Waals surface area contributed by atoms with E-state index in [0.717, 1.165) is 39.9 Å². The minimum absolute atomic E-state index is 0.126. The lowest BCUT2D eigenvalue weighted by Gasteiger charge is -2.25. The number of hydrogen-bond donors (Lipinski definition) is 4. The summed E-state index contributed by atoms with van der Waals surface area (Å²) in [5.74, 6) is 0.653. The molecule has 5 rings (SSSR count). The maximum absolute atomic E-state index is 12.9. The van der Waals surface area contributed by atoms with E-state index in [9.17, 15) is 9.90 Å². The zero-order valence-corrected chi connectivity index (χ0v) is 17.8. The fraction of sp³-hybridized carbons (Fsp3) is 0.217. The maximum Gasteiger partial charge on any atom is 0.260 e. The number of ether oxygens (including phenoxy) is 1. The fourth-order valence-electron chi connectivity index (χ4n) is 4.33. The Morgan fingerprint density at radius 3 is 2.77 bits per heavy atom. The largest absolute Gasteiger partial charge is 0.497 e. The number of methoxy groups -OCH3 is 1. The SMILES string of the molecule is COc1ccc2[nH]c3c(c2c1)CCN[C@@H]3c1c(O)n(Cc2ccccc2)c(=S)[nH]c1=O. The third kappa shape index (κ3) is 3.34. The number of aromatic hydroxyl groups is 1. The molecule has 0 saturated heterocycles. The number of benzene rings is 2. The number of H-pyrrole nitrogens is 2. The van der Waals surface area contributed by atoms with Gasteiger partial charge in [0.05, 0.1) is 19.7 Å². The molecule has 0 saturated carbocycles. The van der Waals surface area contributed by atoms with Gasteiger partial charge in [-0.15, -0.1) is 0 Å². The average molecular weight is 435 g/mol. The third-order valence-electron chi connectivity index (χ3n) is 5.84. The van der Waals surface area contributed by atoms with E-state index in [1.54, 1.807) is 11.7 Å². The summed E-state index contributed by atoms with van der Waals surface area (Å²) < 4.78 is 7.12. The zero-order valence-electron chi connectivity index (χ0n) is 16.9. The first kappa shape index (κ1) is 19.6. The highest BCUT2D eigenvalue weighted by Crippen LogP contribution is 2.36. The lowest BCUT2D eigenvalue weighted by molar-refractivity contribution is 0.393. The number of rotatable bonds is 4. The predicted molar refractivity (Wildman–Crippen MR) is 121 cm³/mol. The Morgan fingerprint density at radius 2 is 2.00 bits per heavy atom. The molecule has 2 aromatic heterocycles. The molecule has 4 N–H and O–H groups in total. The number of aromatic amines is 2. The molecular formula is C23H22N4O3S.